The fourth-order valence-corrected chi connectivity index (χ4v) is 3.17. The second-order valence-electron chi connectivity index (χ2n) is 5.60. The highest BCUT2D eigenvalue weighted by Crippen LogP contribution is 2.30. The molecule has 1 aromatic heterocycles. The van der Waals surface area contributed by atoms with E-state index in [9.17, 15) is 0 Å². The molecule has 1 aromatic rings. The summed E-state index contributed by atoms with van der Waals surface area (Å²) in [5, 5.41) is 3.49. The zero-order valence-electron chi connectivity index (χ0n) is 11.8. The van der Waals surface area contributed by atoms with Crippen molar-refractivity contribution in [1.29, 1.82) is 0 Å². The third-order valence-electron chi connectivity index (χ3n) is 4.15. The summed E-state index contributed by atoms with van der Waals surface area (Å²) in [4.78, 5) is 5.17. The van der Waals surface area contributed by atoms with E-state index in [0.717, 1.165) is 43.7 Å². The van der Waals surface area contributed by atoms with Crippen molar-refractivity contribution in [3.63, 3.8) is 0 Å². The average molecular weight is 291 g/mol. The molecule has 0 amide bonds. The second-order valence-corrected chi connectivity index (χ2v) is 6.04. The molecule has 0 bridgehead atoms. The van der Waals surface area contributed by atoms with Gasteiger partial charge in [0.2, 0.25) is 0 Å². The van der Waals surface area contributed by atoms with Gasteiger partial charge in [0.25, 0.3) is 0 Å². The van der Waals surface area contributed by atoms with Crippen LogP contribution >= 0.6 is 12.2 Å². The number of aryl methyl sites for hydroxylation is 2. The zero-order chi connectivity index (χ0) is 14.1. The van der Waals surface area contributed by atoms with Crippen molar-refractivity contribution in [2.75, 3.05) is 11.9 Å². The Labute approximate surface area is 125 Å². The minimum absolute atomic E-state index is 0.389. The standard InChI is InChI=1S/C15H21N3OS/c1-2-19-11-7-10(8-11)17-15-12(14(16)20)6-9-4-3-5-13(9)18-15/h6,10-11H,2-5,7-8H2,1H3,(H2,16,20)(H,17,18). The third-order valence-corrected chi connectivity index (χ3v) is 4.37. The van der Waals surface area contributed by atoms with Gasteiger partial charge in [0, 0.05) is 18.3 Å². The first-order chi connectivity index (χ1) is 9.67. The molecule has 1 fully saturated rings. The SMILES string of the molecule is CCOC1CC(Nc2nc3c(cc2C(N)=S)CCC3)C1. The van der Waals surface area contributed by atoms with Gasteiger partial charge < -0.3 is 15.8 Å². The topological polar surface area (TPSA) is 60.2 Å². The largest absolute Gasteiger partial charge is 0.389 e. The van der Waals surface area contributed by atoms with Gasteiger partial charge in [-0.2, -0.15) is 0 Å². The van der Waals surface area contributed by atoms with Crippen LogP contribution in [0.15, 0.2) is 6.07 Å². The molecular weight excluding hydrogens is 270 g/mol. The molecule has 4 nitrogen and oxygen atoms in total. The van der Waals surface area contributed by atoms with Crippen molar-refractivity contribution in [2.24, 2.45) is 5.73 Å². The van der Waals surface area contributed by atoms with E-state index in [1.54, 1.807) is 0 Å². The number of nitrogens with two attached hydrogens (primary N) is 1. The summed E-state index contributed by atoms with van der Waals surface area (Å²) in [7, 11) is 0. The maximum atomic E-state index is 5.85. The lowest BCUT2D eigenvalue weighted by Gasteiger charge is -2.36. The lowest BCUT2D eigenvalue weighted by Crippen LogP contribution is -2.41. The third kappa shape index (κ3) is 2.65. The summed E-state index contributed by atoms with van der Waals surface area (Å²) < 4.78 is 5.59. The van der Waals surface area contributed by atoms with Crippen LogP contribution in [0.5, 0.6) is 0 Å². The molecule has 0 spiro atoms. The maximum Gasteiger partial charge on any atom is 0.136 e. The van der Waals surface area contributed by atoms with Crippen LogP contribution in [0, 0.1) is 0 Å². The van der Waals surface area contributed by atoms with Gasteiger partial charge in [0.1, 0.15) is 10.8 Å². The molecule has 2 aliphatic carbocycles. The molecule has 20 heavy (non-hydrogen) atoms. The summed E-state index contributed by atoms with van der Waals surface area (Å²) >= 11 is 5.17. The van der Waals surface area contributed by atoms with Crippen molar-refractivity contribution in [2.45, 2.75) is 51.2 Å². The van der Waals surface area contributed by atoms with Gasteiger partial charge in [-0.05, 0) is 50.7 Å². The zero-order valence-corrected chi connectivity index (χ0v) is 12.6. The van der Waals surface area contributed by atoms with Crippen LogP contribution in [0.4, 0.5) is 5.82 Å². The van der Waals surface area contributed by atoms with Crippen molar-refractivity contribution in [3.05, 3.63) is 22.9 Å². The van der Waals surface area contributed by atoms with Gasteiger partial charge in [0.15, 0.2) is 0 Å². The Kier molecular flexibility index (Phi) is 3.89. The van der Waals surface area contributed by atoms with Gasteiger partial charge in [-0.3, -0.25) is 0 Å². The minimum Gasteiger partial charge on any atom is -0.389 e. The predicted molar refractivity (Wildman–Crippen MR) is 84.2 cm³/mol. The van der Waals surface area contributed by atoms with Crippen molar-refractivity contribution < 1.29 is 4.74 Å². The molecule has 0 radical (unpaired) electrons. The first kappa shape index (κ1) is 13.8. The summed E-state index contributed by atoms with van der Waals surface area (Å²) in [6.45, 7) is 2.82. The van der Waals surface area contributed by atoms with E-state index in [4.69, 9.17) is 27.7 Å². The number of nitrogens with one attached hydrogen (secondary N) is 1. The average Bonchev–Trinajstić information content (AvgIpc) is 2.82. The number of aromatic nitrogens is 1. The molecule has 5 heteroatoms. The number of anilines is 1. The molecule has 108 valence electrons. The second kappa shape index (κ2) is 5.66. The smallest absolute Gasteiger partial charge is 0.136 e. The van der Waals surface area contributed by atoms with E-state index >= 15 is 0 Å². The molecule has 3 N–H and O–H groups in total. The molecule has 3 rings (SSSR count). The molecule has 0 unspecified atom stereocenters. The van der Waals surface area contributed by atoms with E-state index in [2.05, 4.69) is 11.4 Å². The first-order valence-electron chi connectivity index (χ1n) is 7.38. The fraction of sp³-hybridized carbons (Fsp3) is 0.600. The highest BCUT2D eigenvalue weighted by Gasteiger charge is 2.30. The van der Waals surface area contributed by atoms with Crippen LogP contribution < -0.4 is 11.1 Å². The van der Waals surface area contributed by atoms with Crippen LogP contribution in [0.25, 0.3) is 0 Å². The fourth-order valence-electron chi connectivity index (χ4n) is 3.02. The number of hydrogen-bond donors (Lipinski definition) is 2. The highest BCUT2D eigenvalue weighted by molar-refractivity contribution is 7.80. The molecule has 1 saturated carbocycles. The minimum atomic E-state index is 0.389. The monoisotopic (exact) mass is 291 g/mol. The van der Waals surface area contributed by atoms with Crippen molar-refractivity contribution >= 4 is 23.0 Å². The number of ether oxygens (including phenoxy) is 1. The van der Waals surface area contributed by atoms with E-state index in [-0.39, 0.29) is 0 Å². The number of fused-ring (bicyclic) bond motifs is 1. The van der Waals surface area contributed by atoms with Gasteiger partial charge >= 0.3 is 0 Å². The Balaban J connectivity index is 1.74. The van der Waals surface area contributed by atoms with E-state index in [1.807, 2.05) is 6.92 Å². The number of rotatable bonds is 5. The Bertz CT molecular complexity index is 526. The van der Waals surface area contributed by atoms with Gasteiger partial charge in [0.05, 0.1) is 11.7 Å². The summed E-state index contributed by atoms with van der Waals surface area (Å²) in [5.74, 6) is 0.859. The quantitative estimate of drug-likeness (QED) is 0.814. The van der Waals surface area contributed by atoms with Gasteiger partial charge in [-0.15, -0.1) is 0 Å². The summed E-state index contributed by atoms with van der Waals surface area (Å²) in [6, 6.07) is 2.55. The normalized spacial score (nSPS) is 24.1. The molecule has 1 heterocycles. The molecule has 0 saturated heterocycles. The lowest BCUT2D eigenvalue weighted by atomic mass is 9.89. The van der Waals surface area contributed by atoms with Crippen LogP contribution in [-0.2, 0) is 17.6 Å². The van der Waals surface area contributed by atoms with E-state index < -0.39 is 0 Å². The maximum absolute atomic E-state index is 5.85. The molecule has 2 aliphatic rings. The number of pyridine rings is 1. The van der Waals surface area contributed by atoms with Gasteiger partial charge in [-0.1, -0.05) is 12.2 Å². The Morgan fingerprint density at radius 3 is 3.00 bits per heavy atom. The molecule has 0 aliphatic heterocycles. The number of hydrogen-bond acceptors (Lipinski definition) is 4. The molecule has 0 atom stereocenters. The molecular formula is C15H21N3OS. The Hall–Kier alpha value is -1.20. The summed E-state index contributed by atoms with van der Waals surface area (Å²) in [5.41, 5.74) is 9.24. The van der Waals surface area contributed by atoms with Gasteiger partial charge in [-0.25, -0.2) is 4.98 Å². The van der Waals surface area contributed by atoms with Crippen molar-refractivity contribution in [3.8, 4) is 0 Å². The van der Waals surface area contributed by atoms with Crippen LogP contribution in [0.1, 0.15) is 43.0 Å². The Morgan fingerprint density at radius 2 is 2.30 bits per heavy atom. The molecule has 0 aromatic carbocycles. The number of thiocarbonyl (C=S) groups is 1. The predicted octanol–water partition coefficient (Wildman–Crippen LogP) is 2.18. The van der Waals surface area contributed by atoms with Crippen LogP contribution in [0.2, 0.25) is 0 Å². The van der Waals surface area contributed by atoms with Crippen molar-refractivity contribution in [1.82, 2.24) is 4.98 Å². The lowest BCUT2D eigenvalue weighted by molar-refractivity contribution is 0.00292. The number of nitrogens with zero attached hydrogens (tertiary/aromatic N) is 1. The Morgan fingerprint density at radius 1 is 1.50 bits per heavy atom. The highest BCUT2D eigenvalue weighted by atomic mass is 32.1. The first-order valence-corrected chi connectivity index (χ1v) is 7.79. The van der Waals surface area contributed by atoms with E-state index in [0.29, 0.717) is 17.1 Å². The van der Waals surface area contributed by atoms with E-state index in [1.165, 1.54) is 17.7 Å². The van der Waals surface area contributed by atoms with Crippen LogP contribution in [-0.4, -0.2) is 28.7 Å². The summed E-state index contributed by atoms with van der Waals surface area (Å²) in [6.07, 6.45) is 5.79. The van der Waals surface area contributed by atoms with Crippen LogP contribution in [0.3, 0.4) is 0 Å².